The molecule has 0 saturated heterocycles. The van der Waals surface area contributed by atoms with E-state index in [1.165, 1.54) is 0 Å². The van der Waals surface area contributed by atoms with Gasteiger partial charge in [-0.05, 0) is 31.2 Å². The number of carbonyl (C=O) groups is 1. The second-order valence-electron chi connectivity index (χ2n) is 4.61. The molecule has 2 aromatic rings. The van der Waals surface area contributed by atoms with Gasteiger partial charge in [0, 0.05) is 6.07 Å². The number of para-hydroxylation sites is 1. The number of nitrogens with one attached hydrogen (secondary N) is 1. The molecule has 0 fully saturated rings. The molecule has 1 amide bonds. The van der Waals surface area contributed by atoms with Gasteiger partial charge in [0.2, 0.25) is 0 Å². The van der Waals surface area contributed by atoms with Crippen LogP contribution in [0.4, 0.5) is 10.5 Å². The lowest BCUT2D eigenvalue weighted by Gasteiger charge is -2.11. The predicted octanol–water partition coefficient (Wildman–Crippen LogP) is 3.19. The Bertz CT molecular complexity index is 632. The quantitative estimate of drug-likeness (QED) is 0.605. The van der Waals surface area contributed by atoms with Crippen molar-refractivity contribution in [2.24, 2.45) is 0 Å². The Labute approximate surface area is 135 Å². The Morgan fingerprint density at radius 1 is 1.13 bits per heavy atom. The topological polar surface area (TPSA) is 82.8 Å². The lowest BCUT2D eigenvalue weighted by molar-refractivity contribution is 0.150. The summed E-state index contributed by atoms with van der Waals surface area (Å²) in [5.74, 6) is 1.90. The molecule has 0 aliphatic heterocycles. The average molecular weight is 316 g/mol. The molecular formula is C17H20N2O4. The minimum atomic E-state index is -0.462. The molecule has 0 saturated carbocycles. The third kappa shape index (κ3) is 5.43. The summed E-state index contributed by atoms with van der Waals surface area (Å²) in [6.07, 6.45) is -0.462. The van der Waals surface area contributed by atoms with Gasteiger partial charge in [0.15, 0.2) is 0 Å². The van der Waals surface area contributed by atoms with E-state index in [2.05, 4.69) is 5.32 Å². The largest absolute Gasteiger partial charge is 0.490 e. The number of nitrogen functional groups attached to an aromatic ring is 1. The fourth-order valence-electron chi connectivity index (χ4n) is 1.84. The van der Waals surface area contributed by atoms with Gasteiger partial charge in [0.1, 0.15) is 23.9 Å². The first kappa shape index (κ1) is 16.5. The van der Waals surface area contributed by atoms with Crippen molar-refractivity contribution in [1.29, 1.82) is 0 Å². The number of anilines is 1. The monoisotopic (exact) mass is 316 g/mol. The molecule has 2 aromatic carbocycles. The summed E-state index contributed by atoms with van der Waals surface area (Å²) >= 11 is 0. The van der Waals surface area contributed by atoms with Crippen LogP contribution in [0.25, 0.3) is 0 Å². The number of amides is 1. The van der Waals surface area contributed by atoms with Gasteiger partial charge in [-0.25, -0.2) is 4.79 Å². The minimum Gasteiger partial charge on any atom is -0.490 e. The van der Waals surface area contributed by atoms with Crippen LogP contribution in [-0.2, 0) is 4.74 Å². The molecule has 0 bridgehead atoms. The van der Waals surface area contributed by atoms with E-state index in [0.29, 0.717) is 36.9 Å². The van der Waals surface area contributed by atoms with Crippen LogP contribution < -0.4 is 20.5 Å². The molecule has 0 aliphatic rings. The van der Waals surface area contributed by atoms with Gasteiger partial charge in [-0.15, -0.1) is 0 Å². The average Bonchev–Trinajstić information content (AvgIpc) is 2.54. The molecule has 0 aromatic heterocycles. The summed E-state index contributed by atoms with van der Waals surface area (Å²) in [5, 5.41) is 2.57. The van der Waals surface area contributed by atoms with Gasteiger partial charge in [0.05, 0.1) is 18.8 Å². The number of rotatable bonds is 7. The lowest BCUT2D eigenvalue weighted by atomic mass is 10.2. The van der Waals surface area contributed by atoms with Crippen LogP contribution in [0.5, 0.6) is 17.2 Å². The highest BCUT2D eigenvalue weighted by Gasteiger charge is 2.05. The van der Waals surface area contributed by atoms with E-state index < -0.39 is 6.09 Å². The molecule has 23 heavy (non-hydrogen) atoms. The van der Waals surface area contributed by atoms with Crippen LogP contribution in [0.3, 0.4) is 0 Å². The van der Waals surface area contributed by atoms with Crippen molar-refractivity contribution in [3.63, 3.8) is 0 Å². The van der Waals surface area contributed by atoms with Gasteiger partial charge < -0.3 is 25.3 Å². The molecule has 6 nitrogen and oxygen atoms in total. The molecule has 122 valence electrons. The van der Waals surface area contributed by atoms with Gasteiger partial charge >= 0.3 is 6.09 Å². The number of ether oxygens (including phenoxy) is 3. The second kappa shape index (κ2) is 8.53. The number of nitrogens with two attached hydrogens (primary N) is 1. The molecule has 0 radical (unpaired) electrons. The van der Waals surface area contributed by atoms with Crippen LogP contribution in [-0.4, -0.2) is 25.9 Å². The van der Waals surface area contributed by atoms with E-state index >= 15 is 0 Å². The standard InChI is InChI=1S/C17H20N2O4/c1-2-21-17(20)19-10-11-22-16-9-8-14(12-15(16)18)23-13-6-4-3-5-7-13/h3-9,12H,2,10-11,18H2,1H3,(H,19,20). The Morgan fingerprint density at radius 3 is 2.61 bits per heavy atom. The number of alkyl carbamates (subject to hydrolysis) is 1. The van der Waals surface area contributed by atoms with Crippen LogP contribution >= 0.6 is 0 Å². The zero-order chi connectivity index (χ0) is 16.5. The van der Waals surface area contributed by atoms with E-state index in [-0.39, 0.29) is 0 Å². The van der Waals surface area contributed by atoms with Gasteiger partial charge in [0.25, 0.3) is 0 Å². The third-order valence-electron chi connectivity index (χ3n) is 2.86. The Balaban J connectivity index is 1.83. The Hall–Kier alpha value is -2.89. The first-order valence-electron chi connectivity index (χ1n) is 7.35. The van der Waals surface area contributed by atoms with Crippen LogP contribution in [0.2, 0.25) is 0 Å². The number of hydrogen-bond acceptors (Lipinski definition) is 5. The molecule has 0 unspecified atom stereocenters. The highest BCUT2D eigenvalue weighted by atomic mass is 16.5. The summed E-state index contributed by atoms with van der Waals surface area (Å²) in [5.41, 5.74) is 6.41. The first-order chi connectivity index (χ1) is 11.2. The fraction of sp³-hybridized carbons (Fsp3) is 0.235. The molecule has 0 atom stereocenters. The summed E-state index contributed by atoms with van der Waals surface area (Å²) in [6.45, 7) is 2.71. The Morgan fingerprint density at radius 2 is 1.91 bits per heavy atom. The van der Waals surface area contributed by atoms with Crippen molar-refractivity contribution < 1.29 is 19.0 Å². The van der Waals surface area contributed by atoms with E-state index in [1.54, 1.807) is 25.1 Å². The fourth-order valence-corrected chi connectivity index (χ4v) is 1.84. The van der Waals surface area contributed by atoms with Crippen molar-refractivity contribution in [1.82, 2.24) is 5.32 Å². The Kier molecular flexibility index (Phi) is 6.11. The highest BCUT2D eigenvalue weighted by molar-refractivity contribution is 5.67. The van der Waals surface area contributed by atoms with E-state index in [0.717, 1.165) is 5.75 Å². The highest BCUT2D eigenvalue weighted by Crippen LogP contribution is 2.29. The van der Waals surface area contributed by atoms with Crippen LogP contribution in [0.15, 0.2) is 48.5 Å². The zero-order valence-electron chi connectivity index (χ0n) is 13.0. The minimum absolute atomic E-state index is 0.294. The molecular weight excluding hydrogens is 296 g/mol. The summed E-state index contributed by atoms with van der Waals surface area (Å²) in [6, 6.07) is 14.6. The normalized spacial score (nSPS) is 9.96. The van der Waals surface area contributed by atoms with Gasteiger partial charge in [-0.1, -0.05) is 18.2 Å². The molecule has 3 N–H and O–H groups in total. The van der Waals surface area contributed by atoms with Gasteiger partial charge in [-0.2, -0.15) is 0 Å². The summed E-state index contributed by atoms with van der Waals surface area (Å²) < 4.78 is 16.0. The smallest absolute Gasteiger partial charge is 0.407 e. The molecule has 0 aliphatic carbocycles. The van der Waals surface area contributed by atoms with Crippen molar-refractivity contribution in [2.45, 2.75) is 6.92 Å². The zero-order valence-corrected chi connectivity index (χ0v) is 13.0. The maximum atomic E-state index is 11.1. The molecule has 6 heteroatoms. The van der Waals surface area contributed by atoms with E-state index in [1.807, 2.05) is 30.3 Å². The molecule has 2 rings (SSSR count). The number of hydrogen-bond donors (Lipinski definition) is 2. The third-order valence-corrected chi connectivity index (χ3v) is 2.86. The van der Waals surface area contributed by atoms with Gasteiger partial charge in [-0.3, -0.25) is 0 Å². The van der Waals surface area contributed by atoms with Crippen molar-refractivity contribution >= 4 is 11.8 Å². The van der Waals surface area contributed by atoms with Crippen molar-refractivity contribution in [2.75, 3.05) is 25.5 Å². The SMILES string of the molecule is CCOC(=O)NCCOc1ccc(Oc2ccccc2)cc1N. The number of carbonyl (C=O) groups excluding carboxylic acids is 1. The molecule has 0 heterocycles. The van der Waals surface area contributed by atoms with Crippen molar-refractivity contribution in [3.05, 3.63) is 48.5 Å². The van der Waals surface area contributed by atoms with Crippen molar-refractivity contribution in [3.8, 4) is 17.2 Å². The maximum absolute atomic E-state index is 11.1. The lowest BCUT2D eigenvalue weighted by Crippen LogP contribution is -2.28. The summed E-state index contributed by atoms with van der Waals surface area (Å²) in [7, 11) is 0. The van der Waals surface area contributed by atoms with Crippen LogP contribution in [0, 0.1) is 0 Å². The van der Waals surface area contributed by atoms with E-state index in [4.69, 9.17) is 19.9 Å². The predicted molar refractivity (Wildman–Crippen MR) is 87.9 cm³/mol. The first-order valence-corrected chi connectivity index (χ1v) is 7.35. The molecule has 0 spiro atoms. The van der Waals surface area contributed by atoms with Crippen LogP contribution in [0.1, 0.15) is 6.92 Å². The number of benzene rings is 2. The summed E-state index contributed by atoms with van der Waals surface area (Å²) in [4.78, 5) is 11.1. The maximum Gasteiger partial charge on any atom is 0.407 e. The van der Waals surface area contributed by atoms with E-state index in [9.17, 15) is 4.79 Å². The second-order valence-corrected chi connectivity index (χ2v) is 4.61.